The van der Waals surface area contributed by atoms with E-state index in [2.05, 4.69) is 15.6 Å². The molecule has 0 spiro atoms. The zero-order chi connectivity index (χ0) is 30.5. The van der Waals surface area contributed by atoms with Crippen molar-refractivity contribution in [2.75, 3.05) is 14.2 Å². The highest BCUT2D eigenvalue weighted by Gasteiger charge is 2.33. The Morgan fingerprint density at radius 1 is 1.05 bits per heavy atom. The van der Waals surface area contributed by atoms with E-state index in [0.29, 0.717) is 36.6 Å². The number of hydrogen-bond acceptors (Lipinski definition) is 6. The first-order valence-electron chi connectivity index (χ1n) is 14.0. The number of fused-ring (bicyclic) bond motifs is 1. The number of phenols is 1. The van der Waals surface area contributed by atoms with Gasteiger partial charge in [0.15, 0.2) is 11.5 Å². The van der Waals surface area contributed by atoms with Gasteiger partial charge < -0.3 is 24.5 Å². The highest BCUT2D eigenvalue weighted by atomic mass is 19.1. The molecule has 2 aromatic carbocycles. The number of benzene rings is 2. The van der Waals surface area contributed by atoms with Crippen LogP contribution in [0.25, 0.3) is 11.1 Å². The van der Waals surface area contributed by atoms with Gasteiger partial charge in [-0.2, -0.15) is 0 Å². The molecule has 8 nitrogen and oxygen atoms in total. The Labute approximate surface area is 250 Å². The van der Waals surface area contributed by atoms with Crippen LogP contribution in [-0.4, -0.2) is 40.8 Å². The molecule has 0 radical (unpaired) electrons. The predicted molar refractivity (Wildman–Crippen MR) is 164 cm³/mol. The summed E-state index contributed by atoms with van der Waals surface area (Å²) in [5, 5.41) is 16.8. The highest BCUT2D eigenvalue weighted by molar-refractivity contribution is 6.07. The molecule has 1 atom stereocenters. The van der Waals surface area contributed by atoms with Crippen LogP contribution in [0.3, 0.4) is 0 Å². The number of allylic oxidation sites excluding steroid dienone is 3. The summed E-state index contributed by atoms with van der Waals surface area (Å²) in [7, 11) is 4.90. The van der Waals surface area contributed by atoms with Gasteiger partial charge >= 0.3 is 0 Å². The summed E-state index contributed by atoms with van der Waals surface area (Å²) in [4.78, 5) is 18.1. The van der Waals surface area contributed by atoms with Crippen molar-refractivity contribution in [3.63, 3.8) is 0 Å². The van der Waals surface area contributed by atoms with Gasteiger partial charge in [-0.05, 0) is 94.8 Å². The highest BCUT2D eigenvalue weighted by Crippen LogP contribution is 2.44. The van der Waals surface area contributed by atoms with Crippen molar-refractivity contribution in [2.45, 2.75) is 32.5 Å². The second kappa shape index (κ2) is 13.0. The van der Waals surface area contributed by atoms with E-state index in [1.807, 2.05) is 55.1 Å². The van der Waals surface area contributed by atoms with Gasteiger partial charge in [0.2, 0.25) is 11.7 Å². The van der Waals surface area contributed by atoms with Crippen LogP contribution in [-0.2, 0) is 31.4 Å². The smallest absolute Gasteiger partial charge is 0.242 e. The van der Waals surface area contributed by atoms with E-state index < -0.39 is 6.04 Å². The van der Waals surface area contributed by atoms with E-state index in [9.17, 15) is 14.3 Å². The number of phenolic OH excluding ortho intramolecular Hbond substituents is 1. The lowest BCUT2D eigenvalue weighted by Gasteiger charge is -2.22. The number of nitrogens with zero attached hydrogens (tertiary/aromatic N) is 2. The maximum Gasteiger partial charge on any atom is 0.242 e. The molecule has 43 heavy (non-hydrogen) atoms. The molecule has 3 N–H and O–H groups in total. The molecule has 222 valence electrons. The Kier molecular flexibility index (Phi) is 8.92. The van der Waals surface area contributed by atoms with Crippen molar-refractivity contribution in [1.82, 2.24) is 20.2 Å². The second-order valence-corrected chi connectivity index (χ2v) is 10.4. The number of aromatic hydroxyl groups is 1. The summed E-state index contributed by atoms with van der Waals surface area (Å²) in [6, 6.07) is 15.1. The van der Waals surface area contributed by atoms with Gasteiger partial charge in [-0.25, -0.2) is 4.39 Å². The molecule has 0 saturated heterocycles. The molecule has 1 amide bonds. The average Bonchev–Trinajstić information content (AvgIpc) is 3.55. The topological polar surface area (TPSA) is 97.6 Å². The zero-order valence-electron chi connectivity index (χ0n) is 24.6. The van der Waals surface area contributed by atoms with Gasteiger partial charge in [0, 0.05) is 37.9 Å². The number of carbonyl (C=O) groups excluding carboxylic acids is 1. The molecular weight excluding hydrogens is 547 g/mol. The minimum atomic E-state index is -0.763. The molecule has 5 rings (SSSR count). The van der Waals surface area contributed by atoms with Crippen LogP contribution >= 0.6 is 0 Å². The van der Waals surface area contributed by atoms with Gasteiger partial charge in [-0.15, -0.1) is 0 Å². The number of methoxy groups -OCH3 is 2. The molecule has 4 aromatic rings. The van der Waals surface area contributed by atoms with E-state index in [4.69, 9.17) is 9.47 Å². The minimum absolute atomic E-state index is 0.0645. The Morgan fingerprint density at radius 2 is 1.81 bits per heavy atom. The Bertz CT molecular complexity index is 1670. The van der Waals surface area contributed by atoms with Crippen LogP contribution < -0.4 is 20.1 Å². The van der Waals surface area contributed by atoms with Gasteiger partial charge in [0.1, 0.15) is 11.9 Å². The van der Waals surface area contributed by atoms with Crippen molar-refractivity contribution in [1.29, 1.82) is 0 Å². The molecule has 2 aromatic heterocycles. The SMILES string of the molecule is COc1cc(C/C=C2/C(C)=C(C(NCc3cccnc3)C(=O)NCc3cccn3C)c3cc(F)ccc32)cc(OC)c1O. The van der Waals surface area contributed by atoms with Crippen LogP contribution in [0.15, 0.2) is 84.8 Å². The summed E-state index contributed by atoms with van der Waals surface area (Å²) in [6.45, 7) is 2.70. The number of aryl methyl sites for hydroxylation is 1. The lowest BCUT2D eigenvalue weighted by molar-refractivity contribution is -0.122. The zero-order valence-corrected chi connectivity index (χ0v) is 24.6. The molecule has 0 fully saturated rings. The molecule has 1 aliphatic rings. The summed E-state index contributed by atoms with van der Waals surface area (Å²) >= 11 is 0. The van der Waals surface area contributed by atoms with Crippen LogP contribution in [0, 0.1) is 5.82 Å². The van der Waals surface area contributed by atoms with Crippen molar-refractivity contribution in [3.8, 4) is 17.2 Å². The number of aromatic nitrogens is 2. The first-order valence-corrected chi connectivity index (χ1v) is 14.0. The molecular formula is C34H35FN4O4. The fraction of sp³-hybridized carbons (Fsp3) is 0.235. The Balaban J connectivity index is 1.53. The van der Waals surface area contributed by atoms with Gasteiger partial charge in [-0.1, -0.05) is 18.2 Å². The third kappa shape index (κ3) is 6.32. The van der Waals surface area contributed by atoms with Crippen LogP contribution in [0.1, 0.15) is 34.9 Å². The van der Waals surface area contributed by atoms with Gasteiger partial charge in [-0.3, -0.25) is 15.1 Å². The maximum absolute atomic E-state index is 14.7. The number of carbonyl (C=O) groups is 1. The molecule has 1 unspecified atom stereocenters. The third-order valence-corrected chi connectivity index (χ3v) is 7.73. The number of pyridine rings is 1. The lowest BCUT2D eigenvalue weighted by Crippen LogP contribution is -2.44. The summed E-state index contributed by atoms with van der Waals surface area (Å²) in [5.74, 6) is -0.0453. The monoisotopic (exact) mass is 582 g/mol. The number of hydrogen-bond donors (Lipinski definition) is 3. The number of amides is 1. The summed E-state index contributed by atoms with van der Waals surface area (Å²) in [6.07, 6.45) is 7.91. The van der Waals surface area contributed by atoms with E-state index in [1.54, 1.807) is 30.6 Å². The van der Waals surface area contributed by atoms with Crippen LogP contribution in [0.4, 0.5) is 4.39 Å². The first kappa shape index (κ1) is 29.6. The van der Waals surface area contributed by atoms with E-state index in [1.165, 1.54) is 26.4 Å². The normalized spacial score (nSPS) is 14.1. The van der Waals surface area contributed by atoms with Crippen molar-refractivity contribution < 1.29 is 23.8 Å². The molecule has 9 heteroatoms. The maximum atomic E-state index is 14.7. The molecule has 0 aliphatic heterocycles. The standard InChI is InChI=1S/C34H35FN4O4/c1-21-26(11-9-22-15-29(42-3)33(40)30(16-22)43-4)27-12-10-24(35)17-28(27)31(21)32(37-19-23-7-5-13-36-18-23)34(41)38-20-25-8-6-14-39(25)2/h5-8,10-18,32,37,40H,9,19-20H2,1-4H3,(H,38,41)/b26-11-. The Hall–Kier alpha value is -4.89. The van der Waals surface area contributed by atoms with Crippen molar-refractivity contribution in [2.24, 2.45) is 7.05 Å². The number of halogens is 1. The minimum Gasteiger partial charge on any atom is -0.502 e. The summed E-state index contributed by atoms with van der Waals surface area (Å²) in [5.41, 5.74) is 6.74. The van der Waals surface area contributed by atoms with Crippen LogP contribution in [0.5, 0.6) is 17.2 Å². The second-order valence-electron chi connectivity index (χ2n) is 10.4. The van der Waals surface area contributed by atoms with Crippen LogP contribution in [0.2, 0.25) is 0 Å². The van der Waals surface area contributed by atoms with Gasteiger partial charge in [0.05, 0.1) is 20.8 Å². The largest absolute Gasteiger partial charge is 0.502 e. The number of rotatable bonds is 11. The molecule has 2 heterocycles. The fourth-order valence-corrected chi connectivity index (χ4v) is 5.45. The third-order valence-electron chi connectivity index (χ3n) is 7.73. The first-order chi connectivity index (χ1) is 20.8. The van der Waals surface area contributed by atoms with E-state index >= 15 is 0 Å². The van der Waals surface area contributed by atoms with Crippen molar-refractivity contribution >= 4 is 17.1 Å². The summed E-state index contributed by atoms with van der Waals surface area (Å²) < 4.78 is 27.3. The Morgan fingerprint density at radius 3 is 2.47 bits per heavy atom. The number of ether oxygens (including phenoxy) is 2. The quantitative estimate of drug-likeness (QED) is 0.226. The predicted octanol–water partition coefficient (Wildman–Crippen LogP) is 5.17. The van der Waals surface area contributed by atoms with E-state index in [0.717, 1.165) is 39.1 Å². The molecule has 0 bridgehead atoms. The molecule has 1 aliphatic carbocycles. The fourth-order valence-electron chi connectivity index (χ4n) is 5.45. The molecule has 0 saturated carbocycles. The van der Waals surface area contributed by atoms with Crippen molar-refractivity contribution in [3.05, 3.63) is 119 Å². The van der Waals surface area contributed by atoms with E-state index in [-0.39, 0.29) is 17.5 Å². The lowest BCUT2D eigenvalue weighted by atomic mass is 9.97. The van der Waals surface area contributed by atoms with Gasteiger partial charge in [0.25, 0.3) is 0 Å². The average molecular weight is 583 g/mol. The number of nitrogens with one attached hydrogen (secondary N) is 2.